The Morgan fingerprint density at radius 3 is 2.60 bits per heavy atom. The van der Waals surface area contributed by atoms with Gasteiger partial charge in [0, 0.05) is 27.6 Å². The number of nitrogens with one attached hydrogen (secondary N) is 2. The van der Waals surface area contributed by atoms with Crippen LogP contribution >= 0.6 is 23.4 Å². The van der Waals surface area contributed by atoms with E-state index in [0.717, 1.165) is 10.6 Å². The summed E-state index contributed by atoms with van der Waals surface area (Å²) in [5.41, 5.74) is 0.317. The van der Waals surface area contributed by atoms with Crippen LogP contribution in [0.5, 0.6) is 0 Å². The molecule has 0 aliphatic rings. The van der Waals surface area contributed by atoms with E-state index in [0.29, 0.717) is 28.0 Å². The number of fused-ring (bicyclic) bond motifs is 1. The van der Waals surface area contributed by atoms with Crippen molar-refractivity contribution in [1.29, 1.82) is 0 Å². The number of nitrogens with zero attached hydrogens (tertiary/aromatic N) is 1. The van der Waals surface area contributed by atoms with Crippen LogP contribution in [0.4, 0.5) is 0 Å². The first-order chi connectivity index (χ1) is 12.1. The summed E-state index contributed by atoms with van der Waals surface area (Å²) in [6, 6.07) is 14.7. The number of carbonyl (C=O) groups is 1. The van der Waals surface area contributed by atoms with Crippen LogP contribution in [0, 0.1) is 0 Å². The number of aromatic nitrogens is 2. The lowest BCUT2D eigenvalue weighted by molar-refractivity contribution is -0.120. The fourth-order valence-electron chi connectivity index (χ4n) is 2.41. The molecule has 2 aromatic carbocycles. The summed E-state index contributed by atoms with van der Waals surface area (Å²) in [4.78, 5) is 25.0. The van der Waals surface area contributed by atoms with Gasteiger partial charge in [0.25, 0.3) is 5.56 Å². The number of rotatable bonds is 6. The molecule has 7 heteroatoms. The fourth-order valence-corrected chi connectivity index (χ4v) is 3.31. The molecule has 128 valence electrons. The van der Waals surface area contributed by atoms with Gasteiger partial charge in [0.15, 0.2) is 0 Å². The first kappa shape index (κ1) is 17.5. The van der Waals surface area contributed by atoms with Crippen molar-refractivity contribution >= 4 is 40.0 Å². The third-order valence-corrected chi connectivity index (χ3v) is 4.88. The molecular formula is C18H16ClN3O2S. The number of hydrogen-bond acceptors (Lipinski definition) is 4. The minimum Gasteiger partial charge on any atom is -0.355 e. The zero-order chi connectivity index (χ0) is 17.6. The summed E-state index contributed by atoms with van der Waals surface area (Å²) in [6.45, 7) is 0.549. The van der Waals surface area contributed by atoms with Gasteiger partial charge in [0.05, 0.1) is 17.5 Å². The van der Waals surface area contributed by atoms with Crippen LogP contribution in [0.1, 0.15) is 5.69 Å². The molecule has 0 atom stereocenters. The van der Waals surface area contributed by atoms with Crippen LogP contribution in [0.15, 0.2) is 58.2 Å². The Morgan fingerprint density at radius 2 is 1.84 bits per heavy atom. The van der Waals surface area contributed by atoms with E-state index in [1.54, 1.807) is 30.0 Å². The highest BCUT2D eigenvalue weighted by molar-refractivity contribution is 7.99. The summed E-state index contributed by atoms with van der Waals surface area (Å²) in [7, 11) is 0. The molecule has 2 N–H and O–H groups in total. The van der Waals surface area contributed by atoms with Gasteiger partial charge in [-0.3, -0.25) is 9.59 Å². The normalized spacial score (nSPS) is 10.8. The molecule has 0 radical (unpaired) electrons. The Bertz CT molecular complexity index is 941. The van der Waals surface area contributed by atoms with E-state index in [2.05, 4.69) is 15.5 Å². The van der Waals surface area contributed by atoms with E-state index < -0.39 is 0 Å². The second kappa shape index (κ2) is 8.18. The van der Waals surface area contributed by atoms with E-state index in [1.807, 2.05) is 30.3 Å². The lowest BCUT2D eigenvalue weighted by Crippen LogP contribution is -2.28. The third kappa shape index (κ3) is 4.61. The van der Waals surface area contributed by atoms with Crippen molar-refractivity contribution in [3.63, 3.8) is 0 Å². The highest BCUT2D eigenvalue weighted by Crippen LogP contribution is 2.19. The van der Waals surface area contributed by atoms with E-state index >= 15 is 0 Å². The average molecular weight is 374 g/mol. The number of benzene rings is 2. The number of thioether (sulfide) groups is 1. The monoisotopic (exact) mass is 373 g/mol. The molecule has 0 fully saturated rings. The molecule has 0 unspecified atom stereocenters. The highest BCUT2D eigenvalue weighted by atomic mass is 35.5. The first-order valence-electron chi connectivity index (χ1n) is 7.75. The van der Waals surface area contributed by atoms with Crippen LogP contribution in [0.2, 0.25) is 5.02 Å². The Morgan fingerprint density at radius 1 is 1.12 bits per heavy atom. The maximum Gasteiger partial charge on any atom is 0.272 e. The molecule has 0 saturated carbocycles. The molecule has 0 bridgehead atoms. The van der Waals surface area contributed by atoms with E-state index in [-0.39, 0.29) is 17.9 Å². The minimum atomic E-state index is -0.251. The van der Waals surface area contributed by atoms with Crippen molar-refractivity contribution in [2.24, 2.45) is 0 Å². The van der Waals surface area contributed by atoms with Gasteiger partial charge in [-0.1, -0.05) is 29.8 Å². The lowest BCUT2D eigenvalue weighted by atomic mass is 10.1. The van der Waals surface area contributed by atoms with Crippen molar-refractivity contribution in [3.8, 4) is 0 Å². The summed E-state index contributed by atoms with van der Waals surface area (Å²) in [5, 5.41) is 11.3. The van der Waals surface area contributed by atoms with Crippen LogP contribution in [0.25, 0.3) is 10.8 Å². The topological polar surface area (TPSA) is 74.8 Å². The molecule has 1 heterocycles. The average Bonchev–Trinajstić information content (AvgIpc) is 2.63. The molecule has 25 heavy (non-hydrogen) atoms. The van der Waals surface area contributed by atoms with Gasteiger partial charge < -0.3 is 5.32 Å². The molecule has 0 aliphatic heterocycles. The van der Waals surface area contributed by atoms with Gasteiger partial charge in [0.1, 0.15) is 0 Å². The molecule has 0 saturated heterocycles. The third-order valence-electron chi connectivity index (χ3n) is 3.61. The molecule has 0 spiro atoms. The van der Waals surface area contributed by atoms with Gasteiger partial charge in [-0.25, -0.2) is 5.10 Å². The summed E-state index contributed by atoms with van der Waals surface area (Å²) < 4.78 is 0. The molecule has 3 aromatic rings. The summed E-state index contributed by atoms with van der Waals surface area (Å²) in [5.74, 6) is 0.633. The Balaban J connectivity index is 1.54. The molecular weight excluding hydrogens is 358 g/mol. The van der Waals surface area contributed by atoms with Gasteiger partial charge in [-0.15, -0.1) is 11.8 Å². The first-order valence-corrected chi connectivity index (χ1v) is 9.11. The SMILES string of the molecule is O=C(Cc1n[nH]c(=O)c2ccccc12)NCCSc1ccc(Cl)cc1. The number of amides is 1. The smallest absolute Gasteiger partial charge is 0.272 e. The second-order valence-corrected chi connectivity index (χ2v) is 6.98. The molecule has 1 amide bonds. The quantitative estimate of drug-likeness (QED) is 0.514. The predicted octanol–water partition coefficient (Wildman–Crippen LogP) is 3.03. The van der Waals surface area contributed by atoms with Crippen molar-refractivity contribution in [2.45, 2.75) is 11.3 Å². The van der Waals surface area contributed by atoms with Crippen molar-refractivity contribution in [3.05, 3.63) is 69.6 Å². The second-order valence-electron chi connectivity index (χ2n) is 5.37. The van der Waals surface area contributed by atoms with Crippen LogP contribution in [-0.2, 0) is 11.2 Å². The highest BCUT2D eigenvalue weighted by Gasteiger charge is 2.10. The molecule has 3 rings (SSSR count). The predicted molar refractivity (Wildman–Crippen MR) is 101 cm³/mol. The van der Waals surface area contributed by atoms with E-state index in [9.17, 15) is 9.59 Å². The number of hydrogen-bond donors (Lipinski definition) is 2. The zero-order valence-electron chi connectivity index (χ0n) is 13.3. The molecule has 0 aliphatic carbocycles. The standard InChI is InChI=1S/C18H16ClN3O2S/c19-12-5-7-13(8-6-12)25-10-9-20-17(23)11-16-14-3-1-2-4-15(14)18(24)22-21-16/h1-8H,9-11H2,(H,20,23)(H,22,24). The van der Waals surface area contributed by atoms with Crippen LogP contribution < -0.4 is 10.9 Å². The van der Waals surface area contributed by atoms with Crippen LogP contribution in [0.3, 0.4) is 0 Å². The van der Waals surface area contributed by atoms with Gasteiger partial charge in [-0.05, 0) is 30.3 Å². The Kier molecular flexibility index (Phi) is 5.73. The van der Waals surface area contributed by atoms with Gasteiger partial charge in [0.2, 0.25) is 5.91 Å². The number of halogens is 1. The minimum absolute atomic E-state index is 0.124. The zero-order valence-corrected chi connectivity index (χ0v) is 14.9. The Labute approximate surface area is 153 Å². The van der Waals surface area contributed by atoms with Gasteiger partial charge >= 0.3 is 0 Å². The lowest BCUT2D eigenvalue weighted by Gasteiger charge is -2.07. The van der Waals surface area contributed by atoms with Crippen molar-refractivity contribution in [2.75, 3.05) is 12.3 Å². The maximum atomic E-state index is 12.1. The number of aromatic amines is 1. The number of carbonyl (C=O) groups excluding carboxylic acids is 1. The fraction of sp³-hybridized carbons (Fsp3) is 0.167. The number of H-pyrrole nitrogens is 1. The van der Waals surface area contributed by atoms with Gasteiger partial charge in [-0.2, -0.15) is 5.10 Å². The maximum absolute atomic E-state index is 12.1. The van der Waals surface area contributed by atoms with E-state index in [4.69, 9.17) is 11.6 Å². The molecule has 1 aromatic heterocycles. The Hall–Kier alpha value is -2.31. The van der Waals surface area contributed by atoms with E-state index in [1.165, 1.54) is 0 Å². The summed E-state index contributed by atoms with van der Waals surface area (Å²) in [6.07, 6.45) is 0.128. The molecule has 5 nitrogen and oxygen atoms in total. The van der Waals surface area contributed by atoms with Crippen molar-refractivity contribution in [1.82, 2.24) is 15.5 Å². The van der Waals surface area contributed by atoms with Crippen LogP contribution in [-0.4, -0.2) is 28.4 Å². The largest absolute Gasteiger partial charge is 0.355 e. The van der Waals surface area contributed by atoms with Crippen molar-refractivity contribution < 1.29 is 4.79 Å². The summed E-state index contributed by atoms with van der Waals surface area (Å²) >= 11 is 7.49.